The Hall–Kier alpha value is -1.89. The number of nitrogens with zero attached hydrogens (tertiary/aromatic N) is 3. The topological polar surface area (TPSA) is 73.6 Å². The number of imidazole rings is 1. The van der Waals surface area contributed by atoms with Crippen molar-refractivity contribution in [2.45, 2.75) is 24.5 Å². The van der Waals surface area contributed by atoms with Gasteiger partial charge in [-0.3, -0.25) is 0 Å². The van der Waals surface area contributed by atoms with Crippen LogP contribution in [0, 0.1) is 10.8 Å². The molecule has 2 unspecified atom stereocenters. The van der Waals surface area contributed by atoms with Gasteiger partial charge in [-0.25, -0.2) is 9.78 Å². The third-order valence-corrected chi connectivity index (χ3v) is 4.73. The number of allylic oxidation sites excluding steroid dienone is 4. The second-order valence-electron chi connectivity index (χ2n) is 4.87. The van der Waals surface area contributed by atoms with E-state index in [4.69, 9.17) is 4.74 Å². The molecule has 0 N–H and O–H groups in total. The van der Waals surface area contributed by atoms with E-state index in [9.17, 15) is 9.70 Å². The van der Waals surface area contributed by atoms with Crippen molar-refractivity contribution in [3.63, 3.8) is 0 Å². The number of ether oxygens (including phenoxy) is 1. The van der Waals surface area contributed by atoms with Crippen LogP contribution in [0.4, 0.5) is 0 Å². The minimum Gasteiger partial charge on any atom is -0.461 e. The van der Waals surface area contributed by atoms with E-state index in [1.807, 2.05) is 16.7 Å². The Bertz CT molecular complexity index is 635. The average Bonchev–Trinajstić information content (AvgIpc) is 3.07. The van der Waals surface area contributed by atoms with E-state index < -0.39 is 5.97 Å². The lowest BCUT2D eigenvalue weighted by Gasteiger charge is -2.24. The van der Waals surface area contributed by atoms with Gasteiger partial charge in [-0.1, -0.05) is 23.9 Å². The fraction of sp³-hybridized carbons (Fsp3) is 0.429. The Labute approximate surface area is 126 Å². The highest BCUT2D eigenvalue weighted by atomic mass is 32.2. The molecule has 0 fully saturated rings. The molecule has 7 heteroatoms. The molecule has 2 heterocycles. The fourth-order valence-corrected chi connectivity index (χ4v) is 3.88. The molecule has 0 aromatic carbocycles. The largest absolute Gasteiger partial charge is 0.461 e. The zero-order valence-electron chi connectivity index (χ0n) is 11.6. The first-order valence-corrected chi connectivity index (χ1v) is 7.82. The van der Waals surface area contributed by atoms with Crippen molar-refractivity contribution in [2.24, 2.45) is 11.1 Å². The van der Waals surface area contributed by atoms with E-state index in [-0.39, 0.29) is 12.0 Å². The molecule has 2 atom stereocenters. The van der Waals surface area contributed by atoms with Gasteiger partial charge in [0.1, 0.15) is 0 Å². The predicted octanol–water partition coefficient (Wildman–Crippen LogP) is 2.93. The molecule has 2 aliphatic rings. The van der Waals surface area contributed by atoms with Gasteiger partial charge in [0, 0.05) is 17.9 Å². The Kier molecular flexibility index (Phi) is 3.92. The third kappa shape index (κ3) is 2.53. The van der Waals surface area contributed by atoms with Crippen LogP contribution in [-0.4, -0.2) is 27.9 Å². The molecule has 1 aliphatic carbocycles. The molecule has 1 aromatic heterocycles. The van der Waals surface area contributed by atoms with Gasteiger partial charge in [0.15, 0.2) is 10.9 Å². The molecule has 0 spiro atoms. The van der Waals surface area contributed by atoms with Crippen LogP contribution in [0.1, 0.15) is 29.9 Å². The summed E-state index contributed by atoms with van der Waals surface area (Å²) in [5.74, 6) is 0.452. The maximum Gasteiger partial charge on any atom is 0.358 e. The predicted molar refractivity (Wildman–Crippen MR) is 79.1 cm³/mol. The first kappa shape index (κ1) is 14.1. The summed E-state index contributed by atoms with van der Waals surface area (Å²) in [5, 5.41) is 3.94. The normalized spacial score (nSPS) is 23.6. The number of esters is 1. The molecule has 1 aliphatic heterocycles. The van der Waals surface area contributed by atoms with Gasteiger partial charge in [-0.15, -0.1) is 4.91 Å². The fourth-order valence-electron chi connectivity index (χ4n) is 2.66. The summed E-state index contributed by atoms with van der Waals surface area (Å²) in [6, 6.07) is 0.0922. The number of fused-ring (bicyclic) bond motifs is 1. The van der Waals surface area contributed by atoms with Crippen molar-refractivity contribution in [2.75, 3.05) is 12.4 Å². The van der Waals surface area contributed by atoms with E-state index in [0.717, 1.165) is 17.3 Å². The van der Waals surface area contributed by atoms with Gasteiger partial charge in [0.05, 0.1) is 18.3 Å². The summed E-state index contributed by atoms with van der Waals surface area (Å²) in [5.41, 5.74) is 0.877. The van der Waals surface area contributed by atoms with Crippen LogP contribution in [0.5, 0.6) is 0 Å². The molecule has 0 radical (unpaired) electrons. The van der Waals surface area contributed by atoms with Crippen molar-refractivity contribution in [3.8, 4) is 0 Å². The average molecular weight is 305 g/mol. The van der Waals surface area contributed by atoms with Crippen LogP contribution < -0.4 is 0 Å². The van der Waals surface area contributed by atoms with Gasteiger partial charge in [-0.2, -0.15) is 0 Å². The van der Waals surface area contributed by atoms with Crippen LogP contribution in [0.25, 0.3) is 0 Å². The summed E-state index contributed by atoms with van der Waals surface area (Å²) in [6.07, 6.45) is 8.14. The highest BCUT2D eigenvalue weighted by Gasteiger charge is 2.35. The van der Waals surface area contributed by atoms with Gasteiger partial charge >= 0.3 is 5.97 Å². The second kappa shape index (κ2) is 5.85. The molecule has 0 amide bonds. The first-order valence-electron chi connectivity index (χ1n) is 6.83. The number of hydrogen-bond acceptors (Lipinski definition) is 6. The molecule has 1 aromatic rings. The van der Waals surface area contributed by atoms with Crippen LogP contribution in [0.3, 0.4) is 0 Å². The smallest absolute Gasteiger partial charge is 0.358 e. The van der Waals surface area contributed by atoms with Gasteiger partial charge in [-0.05, 0) is 24.6 Å². The molecule has 0 saturated heterocycles. The Morgan fingerprint density at radius 1 is 1.62 bits per heavy atom. The molecule has 6 nitrogen and oxygen atoms in total. The lowest BCUT2D eigenvalue weighted by molar-refractivity contribution is 0.0519. The van der Waals surface area contributed by atoms with Gasteiger partial charge in [0.25, 0.3) is 0 Å². The summed E-state index contributed by atoms with van der Waals surface area (Å²) in [6.45, 7) is 2.09. The number of nitroso groups, excluding NO2 is 1. The monoisotopic (exact) mass is 305 g/mol. The lowest BCUT2D eigenvalue weighted by Crippen LogP contribution is -2.20. The van der Waals surface area contributed by atoms with Crippen LogP contribution >= 0.6 is 11.8 Å². The van der Waals surface area contributed by atoms with E-state index in [2.05, 4.69) is 10.2 Å². The van der Waals surface area contributed by atoms with E-state index in [1.54, 1.807) is 31.0 Å². The number of hydrogen-bond donors (Lipinski definition) is 0. The second-order valence-corrected chi connectivity index (χ2v) is 5.86. The van der Waals surface area contributed by atoms with Crippen molar-refractivity contribution >= 4 is 17.7 Å². The number of carbonyl (C=O) groups is 1. The van der Waals surface area contributed by atoms with Crippen molar-refractivity contribution < 1.29 is 9.53 Å². The van der Waals surface area contributed by atoms with E-state index >= 15 is 0 Å². The molecule has 110 valence electrons. The summed E-state index contributed by atoms with van der Waals surface area (Å²) in [7, 11) is 0. The number of rotatable bonds is 4. The Morgan fingerprint density at radius 2 is 2.48 bits per heavy atom. The van der Waals surface area contributed by atoms with E-state index in [0.29, 0.717) is 18.0 Å². The zero-order valence-corrected chi connectivity index (χ0v) is 12.4. The Balaban J connectivity index is 1.86. The third-order valence-electron chi connectivity index (χ3n) is 3.67. The molecule has 3 rings (SSSR count). The van der Waals surface area contributed by atoms with Crippen molar-refractivity contribution in [1.29, 1.82) is 0 Å². The lowest BCUT2D eigenvalue weighted by atomic mass is 9.90. The molecule has 0 saturated carbocycles. The van der Waals surface area contributed by atoms with E-state index in [1.165, 1.54) is 0 Å². The van der Waals surface area contributed by atoms with Crippen molar-refractivity contribution in [3.05, 3.63) is 40.7 Å². The highest BCUT2D eigenvalue weighted by Crippen LogP contribution is 2.42. The minimum atomic E-state index is -0.411. The SMILES string of the molecule is CCOC(=O)c1cn2c(n1)SCC2C1CC=CC=C1N=O. The van der Waals surface area contributed by atoms with Crippen LogP contribution in [0.15, 0.2) is 40.5 Å². The number of carbonyl (C=O) groups excluding carboxylic acids is 1. The number of aromatic nitrogens is 2. The zero-order chi connectivity index (χ0) is 14.8. The Morgan fingerprint density at radius 3 is 3.24 bits per heavy atom. The maximum atomic E-state index is 11.8. The highest BCUT2D eigenvalue weighted by molar-refractivity contribution is 7.99. The maximum absolute atomic E-state index is 11.8. The summed E-state index contributed by atoms with van der Waals surface area (Å²) >= 11 is 1.59. The summed E-state index contributed by atoms with van der Waals surface area (Å²) < 4.78 is 6.94. The van der Waals surface area contributed by atoms with Gasteiger partial charge < -0.3 is 9.30 Å². The quantitative estimate of drug-likeness (QED) is 0.631. The molecular formula is C14H15N3O3S. The van der Waals surface area contributed by atoms with Gasteiger partial charge in [0.2, 0.25) is 0 Å². The molecule has 21 heavy (non-hydrogen) atoms. The molecule has 0 bridgehead atoms. The van der Waals surface area contributed by atoms with Crippen LogP contribution in [0.2, 0.25) is 0 Å². The summed E-state index contributed by atoms with van der Waals surface area (Å²) in [4.78, 5) is 27.0. The standard InChI is InChI=1S/C14H15N3O3S/c1-2-20-13(18)11-7-17-12(8-21-14(17)15-11)9-5-3-4-6-10(9)16-19/h3-4,6-7,9,12H,2,5,8H2,1H3. The first-order chi connectivity index (χ1) is 10.2. The number of thioether (sulfide) groups is 1. The van der Waals surface area contributed by atoms with Crippen molar-refractivity contribution in [1.82, 2.24) is 9.55 Å². The molecular weight excluding hydrogens is 290 g/mol. The van der Waals surface area contributed by atoms with Crippen LogP contribution in [-0.2, 0) is 4.74 Å². The minimum absolute atomic E-state index is 0.0329.